The van der Waals surface area contributed by atoms with Crippen molar-refractivity contribution in [1.29, 1.82) is 0 Å². The molecule has 1 aromatic carbocycles. The van der Waals surface area contributed by atoms with E-state index in [1.807, 2.05) is 30.3 Å². The minimum absolute atomic E-state index is 0.0331. The predicted octanol–water partition coefficient (Wildman–Crippen LogP) is 3.87. The van der Waals surface area contributed by atoms with Crippen molar-refractivity contribution in [3.05, 3.63) is 46.3 Å². The van der Waals surface area contributed by atoms with Gasteiger partial charge in [-0.05, 0) is 30.7 Å². The van der Waals surface area contributed by atoms with E-state index in [1.165, 1.54) is 11.8 Å². The number of anilines is 1. The lowest BCUT2D eigenvalue weighted by molar-refractivity contribution is -0.115. The Labute approximate surface area is 143 Å². The van der Waals surface area contributed by atoms with Crippen LogP contribution in [0.5, 0.6) is 0 Å². The number of aliphatic imine (C=N–C) groups is 1. The summed E-state index contributed by atoms with van der Waals surface area (Å²) < 4.78 is 5.37. The fourth-order valence-corrected chi connectivity index (χ4v) is 3.32. The second kappa shape index (κ2) is 6.60. The lowest BCUT2D eigenvalue weighted by Gasteiger charge is -2.14. The van der Waals surface area contributed by atoms with Gasteiger partial charge in [0.05, 0.1) is 5.75 Å². The minimum atomic E-state index is -0.0331. The second-order valence-corrected chi connectivity index (χ2v) is 6.21. The van der Waals surface area contributed by atoms with E-state index in [9.17, 15) is 4.79 Å². The number of aryl methyl sites for hydroxylation is 1. The quantitative estimate of drug-likeness (QED) is 0.845. The van der Waals surface area contributed by atoms with E-state index in [1.54, 1.807) is 24.9 Å². The number of carbonyl (C=O) groups is 1. The number of halogens is 1. The Balaban J connectivity index is 2.00. The second-order valence-electron chi connectivity index (χ2n) is 4.86. The van der Waals surface area contributed by atoms with Gasteiger partial charge in [0.25, 0.3) is 0 Å². The molecule has 0 atom stereocenters. The number of amides is 1. The number of hydrogen-bond donors (Lipinski definition) is 0. The van der Waals surface area contributed by atoms with Crippen LogP contribution in [0.1, 0.15) is 17.0 Å². The first-order valence-corrected chi connectivity index (χ1v) is 8.29. The van der Waals surface area contributed by atoms with Crippen molar-refractivity contribution in [1.82, 2.24) is 5.16 Å². The normalized spacial score (nSPS) is 16.9. The van der Waals surface area contributed by atoms with Gasteiger partial charge in [-0.15, -0.1) is 0 Å². The topological polar surface area (TPSA) is 58.7 Å². The average molecular weight is 348 g/mol. The van der Waals surface area contributed by atoms with Gasteiger partial charge in [0.2, 0.25) is 5.91 Å². The molecule has 0 bridgehead atoms. The standard InChI is InChI=1S/C16H14ClN3O2S/c1-10-15(20-14(21)9-23-16(20)18-2)13(22-19-10)8-7-11-5-3-4-6-12(11)17/h3-8H,9H2,1-2H3/b8-7+,18-16?. The summed E-state index contributed by atoms with van der Waals surface area (Å²) in [4.78, 5) is 17.9. The molecule has 2 aromatic rings. The molecule has 0 unspecified atom stereocenters. The molecule has 1 aromatic heterocycles. The zero-order chi connectivity index (χ0) is 16.4. The van der Waals surface area contributed by atoms with E-state index < -0.39 is 0 Å². The molecule has 0 radical (unpaired) electrons. The van der Waals surface area contributed by atoms with Crippen LogP contribution in [-0.4, -0.2) is 29.0 Å². The van der Waals surface area contributed by atoms with Crippen molar-refractivity contribution < 1.29 is 9.32 Å². The number of hydrogen-bond acceptors (Lipinski definition) is 5. The van der Waals surface area contributed by atoms with Gasteiger partial charge in [-0.25, -0.2) is 0 Å². The third-order valence-corrected chi connectivity index (χ3v) is 4.72. The summed E-state index contributed by atoms with van der Waals surface area (Å²) in [7, 11) is 1.66. The highest BCUT2D eigenvalue weighted by molar-refractivity contribution is 8.15. The number of rotatable bonds is 3. The molecule has 3 rings (SSSR count). The molecule has 1 fully saturated rings. The minimum Gasteiger partial charge on any atom is -0.354 e. The third kappa shape index (κ3) is 3.04. The third-order valence-electron chi connectivity index (χ3n) is 3.36. The van der Waals surface area contributed by atoms with E-state index in [-0.39, 0.29) is 5.91 Å². The fraction of sp³-hybridized carbons (Fsp3) is 0.188. The van der Waals surface area contributed by atoms with Crippen LogP contribution >= 0.6 is 23.4 Å². The van der Waals surface area contributed by atoms with Crippen molar-refractivity contribution in [2.24, 2.45) is 4.99 Å². The molecule has 0 N–H and O–H groups in total. The molecular formula is C16H14ClN3O2S. The molecule has 1 aliphatic heterocycles. The Hall–Kier alpha value is -2.05. The lowest BCUT2D eigenvalue weighted by atomic mass is 10.2. The zero-order valence-electron chi connectivity index (χ0n) is 12.6. The van der Waals surface area contributed by atoms with Gasteiger partial charge in [-0.2, -0.15) is 0 Å². The lowest BCUT2D eigenvalue weighted by Crippen LogP contribution is -2.30. The summed E-state index contributed by atoms with van der Waals surface area (Å²) >= 11 is 7.55. The Morgan fingerprint density at radius 3 is 2.91 bits per heavy atom. The monoisotopic (exact) mass is 347 g/mol. The molecule has 2 heterocycles. The summed E-state index contributed by atoms with van der Waals surface area (Å²) in [5.41, 5.74) is 2.13. The molecule has 7 heteroatoms. The van der Waals surface area contributed by atoms with Gasteiger partial charge in [0.15, 0.2) is 10.9 Å². The van der Waals surface area contributed by atoms with Gasteiger partial charge in [-0.3, -0.25) is 14.7 Å². The Bertz CT molecular complexity index is 813. The largest absolute Gasteiger partial charge is 0.354 e. The maximum absolute atomic E-state index is 12.2. The molecule has 1 aliphatic rings. The molecule has 1 amide bonds. The first-order valence-electron chi connectivity index (χ1n) is 6.93. The van der Waals surface area contributed by atoms with Crippen molar-refractivity contribution in [2.75, 3.05) is 17.7 Å². The van der Waals surface area contributed by atoms with E-state index in [0.29, 0.717) is 33.1 Å². The van der Waals surface area contributed by atoms with Crippen molar-refractivity contribution in [3.63, 3.8) is 0 Å². The molecular weight excluding hydrogens is 334 g/mol. The SMILES string of the molecule is CN=C1SCC(=O)N1c1c(C)noc1/C=C/c1ccccc1Cl. The first-order chi connectivity index (χ1) is 11.1. The summed E-state index contributed by atoms with van der Waals surface area (Å²) in [6.45, 7) is 1.80. The van der Waals surface area contributed by atoms with Crippen molar-refractivity contribution >= 4 is 52.3 Å². The van der Waals surface area contributed by atoms with Crippen LogP contribution in [-0.2, 0) is 4.79 Å². The van der Waals surface area contributed by atoms with Gasteiger partial charge in [0.1, 0.15) is 11.4 Å². The van der Waals surface area contributed by atoms with Gasteiger partial charge in [-0.1, -0.05) is 46.7 Å². The Morgan fingerprint density at radius 1 is 1.39 bits per heavy atom. The number of nitrogens with zero attached hydrogens (tertiary/aromatic N) is 3. The number of thioether (sulfide) groups is 1. The number of carbonyl (C=O) groups excluding carboxylic acids is 1. The van der Waals surface area contributed by atoms with Crippen LogP contribution in [0, 0.1) is 6.92 Å². The van der Waals surface area contributed by atoms with E-state index in [4.69, 9.17) is 16.1 Å². The highest BCUT2D eigenvalue weighted by Gasteiger charge is 2.33. The summed E-state index contributed by atoms with van der Waals surface area (Å²) in [6.07, 6.45) is 3.60. The summed E-state index contributed by atoms with van der Waals surface area (Å²) in [5.74, 6) is 0.832. The van der Waals surface area contributed by atoms with Crippen LogP contribution in [0.15, 0.2) is 33.8 Å². The van der Waals surface area contributed by atoms with Crippen LogP contribution in [0.3, 0.4) is 0 Å². The molecule has 0 aliphatic carbocycles. The fourth-order valence-electron chi connectivity index (χ4n) is 2.29. The number of aromatic nitrogens is 1. The zero-order valence-corrected chi connectivity index (χ0v) is 14.2. The molecule has 1 saturated heterocycles. The number of benzene rings is 1. The molecule has 23 heavy (non-hydrogen) atoms. The average Bonchev–Trinajstić information content (AvgIpc) is 3.08. The van der Waals surface area contributed by atoms with Crippen LogP contribution < -0.4 is 4.90 Å². The summed E-state index contributed by atoms with van der Waals surface area (Å²) in [5, 5.41) is 5.27. The molecule has 5 nitrogen and oxygen atoms in total. The predicted molar refractivity (Wildman–Crippen MR) is 94.9 cm³/mol. The van der Waals surface area contributed by atoms with Gasteiger partial charge >= 0.3 is 0 Å². The van der Waals surface area contributed by atoms with Crippen LogP contribution in [0.2, 0.25) is 5.02 Å². The first kappa shape index (κ1) is 15.8. The smallest absolute Gasteiger partial charge is 0.243 e. The highest BCUT2D eigenvalue weighted by atomic mass is 35.5. The van der Waals surface area contributed by atoms with Crippen molar-refractivity contribution in [3.8, 4) is 0 Å². The summed E-state index contributed by atoms with van der Waals surface area (Å²) in [6, 6.07) is 7.49. The van der Waals surface area contributed by atoms with E-state index >= 15 is 0 Å². The van der Waals surface area contributed by atoms with Crippen LogP contribution in [0.4, 0.5) is 5.69 Å². The Kier molecular flexibility index (Phi) is 4.54. The van der Waals surface area contributed by atoms with Gasteiger partial charge in [0, 0.05) is 12.1 Å². The number of amidine groups is 1. The maximum Gasteiger partial charge on any atom is 0.243 e. The van der Waals surface area contributed by atoms with Gasteiger partial charge < -0.3 is 4.52 Å². The van der Waals surface area contributed by atoms with E-state index in [0.717, 1.165) is 5.56 Å². The molecule has 0 spiro atoms. The molecule has 0 saturated carbocycles. The maximum atomic E-state index is 12.2. The Morgan fingerprint density at radius 2 is 2.17 bits per heavy atom. The van der Waals surface area contributed by atoms with Crippen LogP contribution in [0.25, 0.3) is 12.2 Å². The molecule has 118 valence electrons. The van der Waals surface area contributed by atoms with Crippen molar-refractivity contribution in [2.45, 2.75) is 6.92 Å². The highest BCUT2D eigenvalue weighted by Crippen LogP contribution is 2.33. The van der Waals surface area contributed by atoms with E-state index in [2.05, 4.69) is 10.1 Å².